The first-order valence-electron chi connectivity index (χ1n) is 4.02. The first-order valence-corrected chi connectivity index (χ1v) is 4.02. The molecule has 0 saturated carbocycles. The lowest BCUT2D eigenvalue weighted by molar-refractivity contribution is 0.125. The molecule has 1 nitrogen and oxygen atoms in total. The average Bonchev–Trinajstić information content (AvgIpc) is 2.28. The predicted molar refractivity (Wildman–Crippen MR) is 43.3 cm³/mol. The summed E-state index contributed by atoms with van der Waals surface area (Å²) in [5.41, 5.74) is 2.74. The molecule has 0 aromatic heterocycles. The quantitative estimate of drug-likeness (QED) is 0.545. The molecule has 11 heavy (non-hydrogen) atoms. The van der Waals surface area contributed by atoms with Crippen LogP contribution in [0.2, 0.25) is 0 Å². The Labute approximate surface area is 67.0 Å². The van der Waals surface area contributed by atoms with Crippen LogP contribution >= 0.6 is 0 Å². The molecule has 1 aliphatic rings. The Balaban J connectivity index is 2.33. The summed E-state index contributed by atoms with van der Waals surface area (Å²) in [4.78, 5) is 0. The minimum Gasteiger partial charge on any atom is -0.377 e. The van der Waals surface area contributed by atoms with Crippen molar-refractivity contribution in [3.63, 3.8) is 0 Å². The van der Waals surface area contributed by atoms with E-state index in [4.69, 9.17) is 4.74 Å². The maximum absolute atomic E-state index is 5.40. The lowest BCUT2D eigenvalue weighted by Gasteiger charge is -2.01. The van der Waals surface area contributed by atoms with Crippen molar-refractivity contribution < 1.29 is 4.74 Å². The molecule has 0 amide bonds. The Morgan fingerprint density at radius 2 is 2.36 bits per heavy atom. The third kappa shape index (κ3) is 1.43. The maximum atomic E-state index is 5.40. The molecule has 1 heteroatoms. The average molecular weight is 147 g/mol. The number of rotatable bonds is 0. The second-order valence-corrected chi connectivity index (χ2v) is 2.85. The van der Waals surface area contributed by atoms with Gasteiger partial charge < -0.3 is 4.74 Å². The van der Waals surface area contributed by atoms with Crippen molar-refractivity contribution in [2.75, 3.05) is 6.61 Å². The van der Waals surface area contributed by atoms with Gasteiger partial charge in [0.05, 0.1) is 6.61 Å². The molecule has 0 bridgehead atoms. The summed E-state index contributed by atoms with van der Waals surface area (Å²) in [5.74, 6) is 0. The van der Waals surface area contributed by atoms with Crippen molar-refractivity contribution in [3.8, 4) is 0 Å². The number of aryl methyl sites for hydroxylation is 1. The van der Waals surface area contributed by atoms with Crippen molar-refractivity contribution in [1.29, 1.82) is 0 Å². The van der Waals surface area contributed by atoms with Crippen LogP contribution in [-0.2, 0) is 17.8 Å². The summed E-state index contributed by atoms with van der Waals surface area (Å²) in [6.45, 7) is 1.67. The first-order chi connectivity index (χ1) is 5.47. The van der Waals surface area contributed by atoms with Crippen LogP contribution in [0.4, 0.5) is 0 Å². The summed E-state index contributed by atoms with van der Waals surface area (Å²) in [5, 5.41) is 0. The van der Waals surface area contributed by atoms with Crippen molar-refractivity contribution in [2.45, 2.75) is 19.4 Å². The van der Waals surface area contributed by atoms with E-state index in [9.17, 15) is 0 Å². The molecule has 1 heterocycles. The van der Waals surface area contributed by atoms with Gasteiger partial charge in [-0.3, -0.25) is 0 Å². The maximum Gasteiger partial charge on any atom is 0.0719 e. The van der Waals surface area contributed by atoms with Gasteiger partial charge in [0, 0.05) is 6.61 Å². The van der Waals surface area contributed by atoms with Gasteiger partial charge in [0.25, 0.3) is 0 Å². The van der Waals surface area contributed by atoms with Crippen LogP contribution in [0.5, 0.6) is 0 Å². The highest BCUT2D eigenvalue weighted by Crippen LogP contribution is 2.15. The molecule has 0 aliphatic carbocycles. The number of fused-ring (bicyclic) bond motifs is 1. The Morgan fingerprint density at radius 3 is 3.36 bits per heavy atom. The van der Waals surface area contributed by atoms with Gasteiger partial charge in [-0.1, -0.05) is 12.1 Å². The van der Waals surface area contributed by atoms with Crippen molar-refractivity contribution in [3.05, 3.63) is 35.4 Å². The van der Waals surface area contributed by atoms with Crippen LogP contribution in [0.15, 0.2) is 18.2 Å². The summed E-state index contributed by atoms with van der Waals surface area (Å²) < 4.78 is 5.40. The fourth-order valence-corrected chi connectivity index (χ4v) is 1.42. The van der Waals surface area contributed by atoms with E-state index in [1.54, 1.807) is 0 Å². The molecule has 0 unspecified atom stereocenters. The third-order valence-corrected chi connectivity index (χ3v) is 2.04. The summed E-state index contributed by atoms with van der Waals surface area (Å²) in [6, 6.07) is 9.22. The van der Waals surface area contributed by atoms with E-state index in [1.807, 2.05) is 12.1 Å². The van der Waals surface area contributed by atoms with E-state index in [0.717, 1.165) is 26.1 Å². The van der Waals surface area contributed by atoms with Crippen LogP contribution in [0.3, 0.4) is 0 Å². The highest BCUT2D eigenvalue weighted by Gasteiger charge is 2.05. The number of hydrogen-bond donors (Lipinski definition) is 0. The van der Waals surface area contributed by atoms with Crippen molar-refractivity contribution in [2.24, 2.45) is 0 Å². The standard InChI is InChI=1S/C10H11O/c1-2-5-10-8-11-7-3-6-9(10)4-1/h1,4-5H,3,6-8H2. The van der Waals surface area contributed by atoms with Crippen molar-refractivity contribution in [1.82, 2.24) is 0 Å². The molecular formula is C10H11O. The first kappa shape index (κ1) is 6.86. The zero-order valence-corrected chi connectivity index (χ0v) is 6.47. The van der Waals surface area contributed by atoms with Crippen LogP contribution in [0, 0.1) is 6.07 Å². The number of benzene rings is 1. The van der Waals surface area contributed by atoms with Gasteiger partial charge in [-0.05, 0) is 36.1 Å². The normalized spacial score (nSPS) is 17.1. The largest absolute Gasteiger partial charge is 0.377 e. The Kier molecular flexibility index (Phi) is 1.91. The third-order valence-electron chi connectivity index (χ3n) is 2.04. The molecule has 0 atom stereocenters. The van der Waals surface area contributed by atoms with Crippen LogP contribution < -0.4 is 0 Å². The Hall–Kier alpha value is -0.820. The molecule has 1 aromatic rings. The van der Waals surface area contributed by atoms with E-state index in [-0.39, 0.29) is 0 Å². The molecule has 2 rings (SSSR count). The minimum absolute atomic E-state index is 0.771. The molecule has 1 aliphatic heterocycles. The second kappa shape index (κ2) is 3.05. The van der Waals surface area contributed by atoms with Gasteiger partial charge >= 0.3 is 0 Å². The van der Waals surface area contributed by atoms with Crippen LogP contribution in [0.25, 0.3) is 0 Å². The van der Waals surface area contributed by atoms with Crippen molar-refractivity contribution >= 4 is 0 Å². The topological polar surface area (TPSA) is 9.23 Å². The van der Waals surface area contributed by atoms with E-state index < -0.39 is 0 Å². The summed E-state index contributed by atoms with van der Waals surface area (Å²) >= 11 is 0. The van der Waals surface area contributed by atoms with Gasteiger partial charge in [-0.15, -0.1) is 0 Å². The summed E-state index contributed by atoms with van der Waals surface area (Å²) in [7, 11) is 0. The second-order valence-electron chi connectivity index (χ2n) is 2.85. The lowest BCUT2D eigenvalue weighted by Crippen LogP contribution is -1.90. The zero-order valence-electron chi connectivity index (χ0n) is 6.47. The molecular weight excluding hydrogens is 136 g/mol. The fourth-order valence-electron chi connectivity index (χ4n) is 1.42. The molecule has 0 saturated heterocycles. The van der Waals surface area contributed by atoms with E-state index in [1.165, 1.54) is 11.1 Å². The molecule has 1 radical (unpaired) electrons. The van der Waals surface area contributed by atoms with Gasteiger partial charge in [-0.25, -0.2) is 0 Å². The Bertz CT molecular complexity index is 217. The van der Waals surface area contributed by atoms with Gasteiger partial charge in [-0.2, -0.15) is 0 Å². The highest BCUT2D eigenvalue weighted by atomic mass is 16.5. The fraction of sp³-hybridized carbons (Fsp3) is 0.400. The smallest absolute Gasteiger partial charge is 0.0719 e. The Morgan fingerprint density at radius 1 is 1.36 bits per heavy atom. The van der Waals surface area contributed by atoms with E-state index >= 15 is 0 Å². The SMILES string of the molecule is [c]1ccc2c(c1)COCCC2. The number of ether oxygens (including phenoxy) is 1. The minimum atomic E-state index is 0.771. The molecule has 0 N–H and O–H groups in total. The lowest BCUT2D eigenvalue weighted by atomic mass is 10.1. The monoisotopic (exact) mass is 147 g/mol. The highest BCUT2D eigenvalue weighted by molar-refractivity contribution is 5.26. The van der Waals surface area contributed by atoms with E-state index in [2.05, 4.69) is 12.1 Å². The van der Waals surface area contributed by atoms with Gasteiger partial charge in [0.1, 0.15) is 0 Å². The van der Waals surface area contributed by atoms with Gasteiger partial charge in [0.2, 0.25) is 0 Å². The summed E-state index contributed by atoms with van der Waals surface area (Å²) in [6.07, 6.45) is 2.31. The molecule has 0 spiro atoms. The zero-order chi connectivity index (χ0) is 7.52. The van der Waals surface area contributed by atoms with Gasteiger partial charge in [0.15, 0.2) is 0 Å². The molecule has 1 aromatic carbocycles. The predicted octanol–water partition coefficient (Wildman–Crippen LogP) is 1.95. The molecule has 0 fully saturated rings. The van der Waals surface area contributed by atoms with Crippen LogP contribution in [0.1, 0.15) is 17.5 Å². The number of hydrogen-bond acceptors (Lipinski definition) is 1. The van der Waals surface area contributed by atoms with E-state index in [0.29, 0.717) is 0 Å². The molecule has 57 valence electrons. The van der Waals surface area contributed by atoms with Crippen LogP contribution in [-0.4, -0.2) is 6.61 Å².